The summed E-state index contributed by atoms with van der Waals surface area (Å²) in [7, 11) is 0.642. The lowest BCUT2D eigenvalue weighted by molar-refractivity contribution is 0.0986. The first-order valence-electron chi connectivity index (χ1n) is 9.40. The fraction of sp³-hybridized carbons (Fsp3) is 0.333. The molecule has 1 heterocycles. The Labute approximate surface area is 186 Å². The zero-order valence-corrected chi connectivity index (χ0v) is 19.7. The van der Waals surface area contributed by atoms with Crippen LogP contribution in [0.15, 0.2) is 41.3 Å². The molecule has 0 radical (unpaired) electrons. The van der Waals surface area contributed by atoms with Gasteiger partial charge in [-0.1, -0.05) is 29.0 Å². The van der Waals surface area contributed by atoms with Crippen molar-refractivity contribution in [3.63, 3.8) is 0 Å². The second-order valence-corrected chi connectivity index (χ2v) is 10.8. The third-order valence-corrected chi connectivity index (χ3v) is 7.35. The number of sulfone groups is 1. The van der Waals surface area contributed by atoms with Gasteiger partial charge in [-0.25, -0.2) is 13.4 Å². The largest absolute Gasteiger partial charge is 0.309 e. The first kappa shape index (κ1) is 22.7. The number of halogens is 1. The van der Waals surface area contributed by atoms with E-state index in [1.807, 2.05) is 33.2 Å². The number of benzene rings is 2. The molecule has 0 N–H and O–H groups in total. The molecule has 1 aromatic heterocycles. The van der Waals surface area contributed by atoms with Crippen molar-refractivity contribution in [1.82, 2.24) is 9.88 Å². The second-order valence-electron chi connectivity index (χ2n) is 7.45. The molecule has 9 heteroatoms. The predicted molar refractivity (Wildman–Crippen MR) is 124 cm³/mol. The van der Waals surface area contributed by atoms with E-state index in [4.69, 9.17) is 16.6 Å². The van der Waals surface area contributed by atoms with E-state index in [2.05, 4.69) is 4.90 Å². The zero-order chi connectivity index (χ0) is 22.1. The quantitative estimate of drug-likeness (QED) is 0.521. The molecule has 2 aromatic carbocycles. The number of rotatable bonds is 7. The van der Waals surface area contributed by atoms with E-state index in [1.54, 1.807) is 17.0 Å². The van der Waals surface area contributed by atoms with Crippen molar-refractivity contribution >= 4 is 54.0 Å². The molecule has 3 aromatic rings. The van der Waals surface area contributed by atoms with Crippen LogP contribution in [0.2, 0.25) is 5.02 Å². The Balaban J connectivity index is 1.99. The summed E-state index contributed by atoms with van der Waals surface area (Å²) in [6.07, 6.45) is 1.91. The van der Waals surface area contributed by atoms with Gasteiger partial charge in [-0.05, 0) is 69.9 Å². The number of thiazole rings is 1. The number of aromatic nitrogens is 1. The Hall–Kier alpha value is -2.00. The van der Waals surface area contributed by atoms with Crippen molar-refractivity contribution in [3.8, 4) is 0 Å². The SMILES string of the molecule is Cc1ccc(Cl)c2sc(N(CCCN(C)C)C(=O)c3ccc(S(C)(=O)=O)cc3)nc12. The summed E-state index contributed by atoms with van der Waals surface area (Å²) in [5.41, 5.74) is 2.20. The second kappa shape index (κ2) is 9.01. The van der Waals surface area contributed by atoms with E-state index in [9.17, 15) is 13.2 Å². The van der Waals surface area contributed by atoms with Gasteiger partial charge in [0.2, 0.25) is 0 Å². The molecule has 30 heavy (non-hydrogen) atoms. The van der Waals surface area contributed by atoms with Crippen molar-refractivity contribution < 1.29 is 13.2 Å². The Bertz CT molecular complexity index is 1130. The molecular formula is C21H24ClN3O3S2. The molecule has 0 saturated heterocycles. The molecule has 1 amide bonds. The monoisotopic (exact) mass is 465 g/mol. The number of carbonyl (C=O) groups is 1. The first-order chi connectivity index (χ1) is 14.1. The number of hydrogen-bond donors (Lipinski definition) is 0. The van der Waals surface area contributed by atoms with Crippen LogP contribution in [0, 0.1) is 6.92 Å². The topological polar surface area (TPSA) is 70.6 Å². The van der Waals surface area contributed by atoms with Crippen LogP contribution in [0.3, 0.4) is 0 Å². The first-order valence-corrected chi connectivity index (χ1v) is 12.5. The van der Waals surface area contributed by atoms with E-state index < -0.39 is 9.84 Å². The summed E-state index contributed by atoms with van der Waals surface area (Å²) in [5, 5.41) is 1.19. The maximum absolute atomic E-state index is 13.3. The van der Waals surface area contributed by atoms with Gasteiger partial charge in [0.15, 0.2) is 15.0 Å². The van der Waals surface area contributed by atoms with E-state index in [-0.39, 0.29) is 10.8 Å². The molecule has 3 rings (SSSR count). The van der Waals surface area contributed by atoms with Crippen LogP contribution in [0.4, 0.5) is 5.13 Å². The smallest absolute Gasteiger partial charge is 0.260 e. The highest BCUT2D eigenvalue weighted by molar-refractivity contribution is 7.90. The summed E-state index contributed by atoms with van der Waals surface area (Å²) in [6.45, 7) is 3.27. The van der Waals surface area contributed by atoms with Crippen molar-refractivity contribution in [2.24, 2.45) is 0 Å². The van der Waals surface area contributed by atoms with Crippen LogP contribution >= 0.6 is 22.9 Å². The summed E-state index contributed by atoms with van der Waals surface area (Å²) in [5.74, 6) is -0.221. The number of aryl methyl sites for hydroxylation is 1. The molecule has 0 saturated carbocycles. The molecule has 6 nitrogen and oxygen atoms in total. The highest BCUT2D eigenvalue weighted by atomic mass is 35.5. The molecule has 0 aliphatic heterocycles. The van der Waals surface area contributed by atoms with E-state index in [0.717, 1.165) is 35.0 Å². The Morgan fingerprint density at radius 1 is 1.10 bits per heavy atom. The number of anilines is 1. The fourth-order valence-corrected chi connectivity index (χ4v) is 5.01. The highest BCUT2D eigenvalue weighted by Gasteiger charge is 2.23. The van der Waals surface area contributed by atoms with Gasteiger partial charge in [0.25, 0.3) is 5.91 Å². The van der Waals surface area contributed by atoms with Crippen molar-refractivity contribution in [2.45, 2.75) is 18.2 Å². The van der Waals surface area contributed by atoms with Crippen LogP contribution in [0.25, 0.3) is 10.2 Å². The highest BCUT2D eigenvalue weighted by Crippen LogP contribution is 2.36. The summed E-state index contributed by atoms with van der Waals surface area (Å²) in [6, 6.07) is 9.76. The summed E-state index contributed by atoms with van der Waals surface area (Å²) < 4.78 is 24.3. The minimum absolute atomic E-state index is 0.181. The number of amides is 1. The van der Waals surface area contributed by atoms with Crippen molar-refractivity contribution in [1.29, 1.82) is 0 Å². The van der Waals surface area contributed by atoms with Crippen LogP contribution in [-0.4, -0.2) is 57.6 Å². The van der Waals surface area contributed by atoms with E-state index >= 15 is 0 Å². The number of hydrogen-bond acceptors (Lipinski definition) is 6. The van der Waals surface area contributed by atoms with Crippen molar-refractivity contribution in [2.75, 3.05) is 38.3 Å². The average Bonchev–Trinajstić information content (AvgIpc) is 3.13. The molecule has 0 aliphatic carbocycles. The molecule has 0 spiro atoms. The fourth-order valence-electron chi connectivity index (χ4n) is 3.04. The standard InChI is InChI=1S/C21H24ClN3O3S2/c1-14-6-11-17(22)19-18(14)23-21(29-19)25(13-5-12-24(2)3)20(26)15-7-9-16(10-8-15)30(4,27)28/h6-11H,5,12-13H2,1-4H3. The minimum atomic E-state index is -3.32. The number of fused-ring (bicyclic) bond motifs is 1. The lowest BCUT2D eigenvalue weighted by atomic mass is 10.2. The maximum atomic E-state index is 13.3. The summed E-state index contributed by atoms with van der Waals surface area (Å²) >= 11 is 7.74. The maximum Gasteiger partial charge on any atom is 0.260 e. The van der Waals surface area contributed by atoms with E-state index in [1.165, 1.54) is 23.5 Å². The molecule has 0 atom stereocenters. The Morgan fingerprint density at radius 2 is 1.77 bits per heavy atom. The van der Waals surface area contributed by atoms with Crippen molar-refractivity contribution in [3.05, 3.63) is 52.5 Å². The zero-order valence-electron chi connectivity index (χ0n) is 17.3. The van der Waals surface area contributed by atoms with Gasteiger partial charge in [0.05, 0.1) is 20.1 Å². The Kier molecular flexibility index (Phi) is 6.81. The molecule has 0 aliphatic rings. The van der Waals surface area contributed by atoms with Gasteiger partial charge >= 0.3 is 0 Å². The molecule has 0 bridgehead atoms. The van der Waals surface area contributed by atoms with Gasteiger partial charge in [-0.15, -0.1) is 0 Å². The lowest BCUT2D eigenvalue weighted by Gasteiger charge is -2.21. The van der Waals surface area contributed by atoms with Crippen LogP contribution in [-0.2, 0) is 9.84 Å². The summed E-state index contributed by atoms with van der Waals surface area (Å²) in [4.78, 5) is 21.9. The third-order valence-electron chi connectivity index (χ3n) is 4.68. The van der Waals surface area contributed by atoms with E-state index in [0.29, 0.717) is 22.3 Å². The normalized spacial score (nSPS) is 11.9. The number of carbonyl (C=O) groups excluding carboxylic acids is 1. The third kappa shape index (κ3) is 5.00. The molecule has 160 valence electrons. The van der Waals surface area contributed by atoms with Crippen LogP contribution in [0.1, 0.15) is 22.3 Å². The van der Waals surface area contributed by atoms with Gasteiger partial charge in [0.1, 0.15) is 0 Å². The lowest BCUT2D eigenvalue weighted by Crippen LogP contribution is -2.33. The van der Waals surface area contributed by atoms with Crippen LogP contribution < -0.4 is 4.90 Å². The number of nitrogens with zero attached hydrogens (tertiary/aromatic N) is 3. The van der Waals surface area contributed by atoms with Gasteiger partial charge in [-0.3, -0.25) is 9.69 Å². The molecule has 0 fully saturated rings. The minimum Gasteiger partial charge on any atom is -0.309 e. The molecular weight excluding hydrogens is 442 g/mol. The van der Waals surface area contributed by atoms with Gasteiger partial charge in [0, 0.05) is 18.4 Å². The predicted octanol–water partition coefficient (Wildman–Crippen LogP) is 4.26. The average molecular weight is 466 g/mol. The molecule has 0 unspecified atom stereocenters. The Morgan fingerprint density at radius 3 is 2.33 bits per heavy atom. The van der Waals surface area contributed by atoms with Gasteiger partial charge in [-0.2, -0.15) is 0 Å². The van der Waals surface area contributed by atoms with Gasteiger partial charge < -0.3 is 4.90 Å². The van der Waals surface area contributed by atoms with Crippen LogP contribution in [0.5, 0.6) is 0 Å².